The summed E-state index contributed by atoms with van der Waals surface area (Å²) < 4.78 is 12.6. The molecule has 1 heteroatoms. The summed E-state index contributed by atoms with van der Waals surface area (Å²) in [5.74, 6) is 0.208. The normalized spacial score (nSPS) is 15.4. The summed E-state index contributed by atoms with van der Waals surface area (Å²) in [7, 11) is 0. The molecule has 11 heavy (non-hydrogen) atoms. The van der Waals surface area contributed by atoms with E-state index in [4.69, 9.17) is 0 Å². The fourth-order valence-corrected chi connectivity index (χ4v) is 0.560. The van der Waals surface area contributed by atoms with E-state index in [1.54, 1.807) is 0 Å². The third-order valence-electron chi connectivity index (χ3n) is 1.50. The summed E-state index contributed by atoms with van der Waals surface area (Å²) in [5.41, 5.74) is 0. The molecule has 0 nitrogen and oxygen atoms in total. The van der Waals surface area contributed by atoms with Gasteiger partial charge in [-0.15, -0.1) is 0 Å². The Labute approximate surface area is 68.1 Å². The zero-order valence-electron chi connectivity index (χ0n) is 7.18. The van der Waals surface area contributed by atoms with Crippen LogP contribution in [0.4, 0.5) is 4.39 Å². The van der Waals surface area contributed by atoms with Crippen molar-refractivity contribution in [3.8, 4) is 0 Å². The maximum atomic E-state index is 12.6. The van der Waals surface area contributed by atoms with Crippen LogP contribution >= 0.6 is 0 Å². The summed E-state index contributed by atoms with van der Waals surface area (Å²) >= 11 is 0. The lowest BCUT2D eigenvalue weighted by Gasteiger charge is -1.97. The molecule has 0 amide bonds. The van der Waals surface area contributed by atoms with Crippen LogP contribution in [-0.2, 0) is 0 Å². The minimum Gasteiger partial charge on any atom is -0.207 e. The standard InChI is InChI=1S/C10H15F/c1-4-6-10(11)8-7-9(3)5-2/h4,6-9H,1,5H2,2-3H3/b8-7-,10-6+. The number of halogens is 1. The molecule has 0 radical (unpaired) electrons. The molecule has 0 aliphatic heterocycles. The summed E-state index contributed by atoms with van der Waals surface area (Å²) in [6.45, 7) is 7.52. The topological polar surface area (TPSA) is 0 Å². The van der Waals surface area contributed by atoms with Crippen LogP contribution in [0.25, 0.3) is 0 Å². The minimum atomic E-state index is -0.236. The first-order valence-corrected chi connectivity index (χ1v) is 3.87. The Bertz CT molecular complexity index is 166. The Hall–Kier alpha value is -0.850. The third-order valence-corrected chi connectivity index (χ3v) is 1.50. The van der Waals surface area contributed by atoms with Crippen LogP contribution in [0.5, 0.6) is 0 Å². The van der Waals surface area contributed by atoms with Crippen molar-refractivity contribution in [2.75, 3.05) is 0 Å². The molecule has 0 heterocycles. The number of allylic oxidation sites excluding steroid dienone is 5. The highest BCUT2D eigenvalue weighted by atomic mass is 19.1. The second-order valence-electron chi connectivity index (χ2n) is 2.53. The molecular formula is C10H15F. The molecule has 0 saturated heterocycles. The summed E-state index contributed by atoms with van der Waals surface area (Å²) in [5, 5.41) is 0. The molecule has 0 aromatic rings. The van der Waals surface area contributed by atoms with E-state index < -0.39 is 0 Å². The quantitative estimate of drug-likeness (QED) is 0.542. The van der Waals surface area contributed by atoms with Crippen molar-refractivity contribution in [1.82, 2.24) is 0 Å². The Morgan fingerprint density at radius 1 is 1.64 bits per heavy atom. The van der Waals surface area contributed by atoms with Crippen molar-refractivity contribution in [2.45, 2.75) is 20.3 Å². The number of hydrogen-bond acceptors (Lipinski definition) is 0. The van der Waals surface area contributed by atoms with Gasteiger partial charge in [0.1, 0.15) is 5.83 Å². The van der Waals surface area contributed by atoms with Gasteiger partial charge < -0.3 is 0 Å². The van der Waals surface area contributed by atoms with E-state index >= 15 is 0 Å². The van der Waals surface area contributed by atoms with Gasteiger partial charge in [0, 0.05) is 0 Å². The van der Waals surface area contributed by atoms with Gasteiger partial charge in [-0.2, -0.15) is 0 Å². The SMILES string of the molecule is C=C/C=C(F)\C=C/C(C)CC. The van der Waals surface area contributed by atoms with E-state index in [1.165, 1.54) is 18.2 Å². The first-order chi connectivity index (χ1) is 5.20. The third kappa shape index (κ3) is 5.59. The minimum absolute atomic E-state index is 0.236. The van der Waals surface area contributed by atoms with Gasteiger partial charge in [0.25, 0.3) is 0 Å². The zero-order valence-corrected chi connectivity index (χ0v) is 7.18. The molecule has 0 aromatic carbocycles. The van der Waals surface area contributed by atoms with E-state index in [0.717, 1.165) is 6.42 Å². The van der Waals surface area contributed by atoms with Gasteiger partial charge in [0.2, 0.25) is 0 Å². The maximum absolute atomic E-state index is 12.6. The van der Waals surface area contributed by atoms with Crippen molar-refractivity contribution in [2.24, 2.45) is 5.92 Å². The molecule has 0 aliphatic rings. The summed E-state index contributed by atoms with van der Waals surface area (Å²) in [4.78, 5) is 0. The molecule has 0 N–H and O–H groups in total. The van der Waals surface area contributed by atoms with Crippen LogP contribution in [0.15, 0.2) is 36.7 Å². The lowest BCUT2D eigenvalue weighted by Crippen LogP contribution is -1.83. The average molecular weight is 154 g/mol. The molecule has 0 saturated carbocycles. The molecule has 0 aromatic heterocycles. The second-order valence-corrected chi connectivity index (χ2v) is 2.53. The van der Waals surface area contributed by atoms with Crippen molar-refractivity contribution in [3.05, 3.63) is 36.7 Å². The van der Waals surface area contributed by atoms with Gasteiger partial charge in [0.05, 0.1) is 0 Å². The molecule has 0 fully saturated rings. The molecule has 1 unspecified atom stereocenters. The zero-order chi connectivity index (χ0) is 8.69. The Morgan fingerprint density at radius 3 is 2.73 bits per heavy atom. The molecular weight excluding hydrogens is 139 g/mol. The van der Waals surface area contributed by atoms with E-state index in [0.29, 0.717) is 5.92 Å². The molecule has 0 bridgehead atoms. The molecule has 0 rings (SSSR count). The first-order valence-electron chi connectivity index (χ1n) is 3.87. The number of rotatable bonds is 4. The van der Waals surface area contributed by atoms with Gasteiger partial charge in [-0.3, -0.25) is 0 Å². The lowest BCUT2D eigenvalue weighted by atomic mass is 10.1. The summed E-state index contributed by atoms with van der Waals surface area (Å²) in [6, 6.07) is 0. The Kier molecular flexibility index (Phi) is 5.44. The van der Waals surface area contributed by atoms with Crippen molar-refractivity contribution in [3.63, 3.8) is 0 Å². The predicted molar refractivity (Wildman–Crippen MR) is 48.0 cm³/mol. The van der Waals surface area contributed by atoms with Gasteiger partial charge in [-0.1, -0.05) is 39.0 Å². The highest BCUT2D eigenvalue weighted by molar-refractivity contribution is 5.16. The van der Waals surface area contributed by atoms with Gasteiger partial charge in [-0.05, 0) is 18.1 Å². The predicted octanol–water partition coefficient (Wildman–Crippen LogP) is 3.63. The van der Waals surface area contributed by atoms with Crippen LogP contribution in [0.2, 0.25) is 0 Å². The molecule has 62 valence electrons. The van der Waals surface area contributed by atoms with Crippen LogP contribution in [0.3, 0.4) is 0 Å². The fourth-order valence-electron chi connectivity index (χ4n) is 0.560. The Morgan fingerprint density at radius 2 is 2.27 bits per heavy atom. The average Bonchev–Trinajstić information content (AvgIpc) is 2.01. The van der Waals surface area contributed by atoms with Crippen LogP contribution in [-0.4, -0.2) is 0 Å². The lowest BCUT2D eigenvalue weighted by molar-refractivity contribution is 0.654. The van der Waals surface area contributed by atoms with Gasteiger partial charge >= 0.3 is 0 Å². The van der Waals surface area contributed by atoms with Gasteiger partial charge in [0.15, 0.2) is 0 Å². The Balaban J connectivity index is 3.91. The highest BCUT2D eigenvalue weighted by Crippen LogP contribution is 2.06. The van der Waals surface area contributed by atoms with E-state index in [2.05, 4.69) is 20.4 Å². The smallest absolute Gasteiger partial charge is 0.122 e. The largest absolute Gasteiger partial charge is 0.207 e. The molecule has 0 aliphatic carbocycles. The van der Waals surface area contributed by atoms with Crippen LogP contribution in [0.1, 0.15) is 20.3 Å². The van der Waals surface area contributed by atoms with Gasteiger partial charge in [-0.25, -0.2) is 4.39 Å². The van der Waals surface area contributed by atoms with Crippen LogP contribution in [0, 0.1) is 5.92 Å². The van der Waals surface area contributed by atoms with Crippen molar-refractivity contribution < 1.29 is 4.39 Å². The monoisotopic (exact) mass is 154 g/mol. The van der Waals surface area contributed by atoms with Crippen molar-refractivity contribution in [1.29, 1.82) is 0 Å². The fraction of sp³-hybridized carbons (Fsp3) is 0.400. The summed E-state index contributed by atoms with van der Waals surface area (Å²) in [6.07, 6.45) is 7.16. The van der Waals surface area contributed by atoms with Crippen LogP contribution < -0.4 is 0 Å². The van der Waals surface area contributed by atoms with E-state index in [-0.39, 0.29) is 5.83 Å². The maximum Gasteiger partial charge on any atom is 0.122 e. The van der Waals surface area contributed by atoms with Crippen molar-refractivity contribution >= 4 is 0 Å². The highest BCUT2D eigenvalue weighted by Gasteiger charge is 1.90. The number of hydrogen-bond donors (Lipinski definition) is 0. The molecule has 1 atom stereocenters. The van der Waals surface area contributed by atoms with E-state index in [9.17, 15) is 4.39 Å². The van der Waals surface area contributed by atoms with E-state index in [1.807, 2.05) is 6.08 Å². The first kappa shape index (κ1) is 10.2. The second kappa shape index (κ2) is 5.90. The molecule has 0 spiro atoms.